The molecule has 0 saturated carbocycles. The number of rotatable bonds is 8. The van der Waals surface area contributed by atoms with Gasteiger partial charge in [-0.2, -0.15) is 0 Å². The molecular formula is C32H31NO7. The first-order valence-corrected chi connectivity index (χ1v) is 13.2. The summed E-state index contributed by atoms with van der Waals surface area (Å²) in [5.41, 5.74) is 0.165. The van der Waals surface area contributed by atoms with Gasteiger partial charge in [0.15, 0.2) is 17.3 Å². The normalized spacial score (nSPS) is 17.7. The number of carbonyl (C=O) groups excluding carboxylic acids is 3. The second-order valence-electron chi connectivity index (χ2n) is 10.3. The zero-order chi connectivity index (χ0) is 28.8. The van der Waals surface area contributed by atoms with Crippen LogP contribution in [0, 0.1) is 0 Å². The van der Waals surface area contributed by atoms with Gasteiger partial charge in [0.25, 0.3) is 5.91 Å². The van der Waals surface area contributed by atoms with Gasteiger partial charge in [-0.05, 0) is 48.6 Å². The Morgan fingerprint density at radius 1 is 1.12 bits per heavy atom. The van der Waals surface area contributed by atoms with Crippen LogP contribution in [0.5, 0.6) is 17.2 Å². The van der Waals surface area contributed by atoms with Crippen molar-refractivity contribution in [1.29, 1.82) is 0 Å². The number of aliphatic hydroxyl groups is 1. The molecule has 0 aromatic heterocycles. The van der Waals surface area contributed by atoms with Crippen LogP contribution in [0.15, 0.2) is 65.6 Å². The van der Waals surface area contributed by atoms with Crippen LogP contribution in [-0.2, 0) is 28.0 Å². The largest absolute Gasteiger partial charge is 0.507 e. The van der Waals surface area contributed by atoms with Gasteiger partial charge in [0, 0.05) is 18.7 Å². The summed E-state index contributed by atoms with van der Waals surface area (Å²) in [7, 11) is 1.36. The average molecular weight is 542 g/mol. The first kappa shape index (κ1) is 27.0. The number of aryl methyl sites for hydroxylation is 1. The summed E-state index contributed by atoms with van der Waals surface area (Å²) in [4.78, 5) is 39.4. The van der Waals surface area contributed by atoms with Crippen LogP contribution in [0.25, 0.3) is 10.8 Å². The maximum absolute atomic E-state index is 13.7. The Morgan fingerprint density at radius 3 is 2.58 bits per heavy atom. The van der Waals surface area contributed by atoms with Crippen LogP contribution in [-0.4, -0.2) is 34.8 Å². The Kier molecular flexibility index (Phi) is 6.87. The molecule has 5 rings (SSSR count). The van der Waals surface area contributed by atoms with Crippen molar-refractivity contribution in [3.63, 3.8) is 0 Å². The number of benzene rings is 3. The van der Waals surface area contributed by atoms with Crippen LogP contribution in [0.3, 0.4) is 0 Å². The van der Waals surface area contributed by atoms with Gasteiger partial charge in [-0.3, -0.25) is 14.4 Å². The van der Waals surface area contributed by atoms with E-state index in [1.54, 1.807) is 0 Å². The third-order valence-electron chi connectivity index (χ3n) is 7.70. The van der Waals surface area contributed by atoms with Gasteiger partial charge in [0.05, 0.1) is 12.7 Å². The fourth-order valence-electron chi connectivity index (χ4n) is 5.61. The predicted octanol–water partition coefficient (Wildman–Crippen LogP) is 5.34. The van der Waals surface area contributed by atoms with E-state index in [4.69, 9.17) is 9.47 Å². The molecule has 0 saturated heterocycles. The van der Waals surface area contributed by atoms with Gasteiger partial charge in [0.1, 0.15) is 39.6 Å². The Labute approximate surface area is 231 Å². The Morgan fingerprint density at radius 2 is 1.88 bits per heavy atom. The molecule has 3 N–H and O–H groups in total. The smallest absolute Gasteiger partial charge is 0.259 e. The van der Waals surface area contributed by atoms with E-state index in [1.165, 1.54) is 38.7 Å². The van der Waals surface area contributed by atoms with Crippen molar-refractivity contribution in [3.05, 3.63) is 87.9 Å². The average Bonchev–Trinajstić information content (AvgIpc) is 3.23. The molecule has 1 amide bonds. The first-order chi connectivity index (χ1) is 19.1. The summed E-state index contributed by atoms with van der Waals surface area (Å²) in [6.07, 6.45) is 4.24. The molecule has 2 aliphatic rings. The van der Waals surface area contributed by atoms with E-state index in [-0.39, 0.29) is 40.7 Å². The number of carbonyl (C=O) groups is 3. The molecule has 0 spiro atoms. The Bertz CT molecular complexity index is 1650. The molecule has 0 bridgehead atoms. The molecule has 8 nitrogen and oxygen atoms in total. The standard InChI is InChI=1S/C32H31NO7/c1-5-6-9-18-12-19-10-7-8-11-21(19)20(13-18)16-33-31(38)27-24(39-4)14-23(36)28-29(27)40-25-15-22(35)26(17(2)34)30(37)32(25,28)3/h7-8,10-15,35-36H,5-6,9,16H2,1-4H3,(H,33,38)/t32-/m1/s1. The second-order valence-corrected chi connectivity index (χ2v) is 10.3. The number of nitrogens with one attached hydrogen (secondary N) is 1. The number of ether oxygens (including phenoxy) is 2. The van der Waals surface area contributed by atoms with Crippen molar-refractivity contribution < 1.29 is 34.1 Å². The van der Waals surface area contributed by atoms with Crippen LogP contribution in [0.1, 0.15) is 60.7 Å². The van der Waals surface area contributed by atoms with Gasteiger partial charge in [0.2, 0.25) is 0 Å². The molecule has 1 aliphatic heterocycles. The first-order valence-electron chi connectivity index (χ1n) is 13.2. The topological polar surface area (TPSA) is 122 Å². The van der Waals surface area contributed by atoms with Gasteiger partial charge in [-0.25, -0.2) is 0 Å². The van der Waals surface area contributed by atoms with Crippen molar-refractivity contribution in [2.45, 2.75) is 52.0 Å². The number of methoxy groups -OCH3 is 1. The molecule has 40 heavy (non-hydrogen) atoms. The van der Waals surface area contributed by atoms with E-state index in [1.807, 2.05) is 24.3 Å². The van der Waals surface area contributed by atoms with Crippen molar-refractivity contribution >= 4 is 28.2 Å². The van der Waals surface area contributed by atoms with E-state index in [2.05, 4.69) is 24.4 Å². The second kappa shape index (κ2) is 10.2. The molecule has 1 heterocycles. The zero-order valence-electron chi connectivity index (χ0n) is 22.9. The fraction of sp³-hybridized carbons (Fsp3) is 0.281. The summed E-state index contributed by atoms with van der Waals surface area (Å²) in [5, 5.41) is 26.4. The molecule has 1 aliphatic carbocycles. The molecule has 3 aromatic rings. The minimum atomic E-state index is -1.61. The molecule has 0 unspecified atom stereocenters. The zero-order valence-corrected chi connectivity index (χ0v) is 22.9. The van der Waals surface area contributed by atoms with Crippen LogP contribution < -0.4 is 14.8 Å². The number of fused-ring (bicyclic) bond motifs is 4. The van der Waals surface area contributed by atoms with E-state index in [0.29, 0.717) is 0 Å². The van der Waals surface area contributed by atoms with E-state index < -0.39 is 34.2 Å². The van der Waals surface area contributed by atoms with E-state index in [9.17, 15) is 24.6 Å². The van der Waals surface area contributed by atoms with Crippen molar-refractivity contribution in [2.75, 3.05) is 7.11 Å². The van der Waals surface area contributed by atoms with Crippen molar-refractivity contribution in [2.24, 2.45) is 0 Å². The Hall–Kier alpha value is -4.59. The molecule has 1 atom stereocenters. The van der Waals surface area contributed by atoms with Crippen LogP contribution in [0.4, 0.5) is 0 Å². The van der Waals surface area contributed by atoms with Crippen molar-refractivity contribution in [3.8, 4) is 17.2 Å². The quantitative estimate of drug-likeness (QED) is 0.329. The van der Waals surface area contributed by atoms with Gasteiger partial charge in [-0.15, -0.1) is 0 Å². The number of aromatic hydroxyl groups is 1. The minimum Gasteiger partial charge on any atom is -0.507 e. The van der Waals surface area contributed by atoms with Gasteiger partial charge < -0.3 is 25.0 Å². The summed E-state index contributed by atoms with van der Waals surface area (Å²) in [6, 6.07) is 13.5. The number of hydrogen-bond donors (Lipinski definition) is 3. The molecule has 3 aromatic carbocycles. The van der Waals surface area contributed by atoms with Crippen LogP contribution in [0.2, 0.25) is 0 Å². The SMILES string of the molecule is CCCCc1cc(CNC(=O)c2c(OC)cc(O)c3c2OC2=CC(O)=C(C(C)=O)C(=O)[C@]23C)c2ccccc2c1. The summed E-state index contributed by atoms with van der Waals surface area (Å²) < 4.78 is 11.4. The number of Topliss-reactive ketones (excluding diaryl/α,β-unsaturated/α-hetero) is 2. The number of amides is 1. The lowest BCUT2D eigenvalue weighted by Crippen LogP contribution is -2.38. The fourth-order valence-corrected chi connectivity index (χ4v) is 5.61. The number of unbranched alkanes of at least 4 members (excludes halogenated alkanes) is 1. The lowest BCUT2D eigenvalue weighted by Gasteiger charge is -2.27. The number of phenolic OH excluding ortho intramolecular Hbond substituents is 1. The maximum atomic E-state index is 13.7. The summed E-state index contributed by atoms with van der Waals surface area (Å²) in [6.45, 7) is 5.03. The van der Waals surface area contributed by atoms with E-state index >= 15 is 0 Å². The van der Waals surface area contributed by atoms with Gasteiger partial charge >= 0.3 is 0 Å². The highest BCUT2D eigenvalue weighted by Gasteiger charge is 2.55. The number of phenols is 1. The van der Waals surface area contributed by atoms with Gasteiger partial charge in [-0.1, -0.05) is 49.7 Å². The highest BCUT2D eigenvalue weighted by atomic mass is 16.5. The maximum Gasteiger partial charge on any atom is 0.259 e. The third kappa shape index (κ3) is 4.20. The number of hydrogen-bond acceptors (Lipinski definition) is 7. The van der Waals surface area contributed by atoms with Crippen molar-refractivity contribution in [1.82, 2.24) is 5.32 Å². The summed E-state index contributed by atoms with van der Waals surface area (Å²) >= 11 is 0. The Balaban J connectivity index is 1.55. The molecule has 206 valence electrons. The molecule has 0 radical (unpaired) electrons. The lowest BCUT2D eigenvalue weighted by molar-refractivity contribution is -0.123. The molecular weight excluding hydrogens is 510 g/mol. The predicted molar refractivity (Wildman–Crippen MR) is 150 cm³/mol. The number of allylic oxidation sites excluding steroid dienone is 3. The van der Waals surface area contributed by atoms with Crippen LogP contribution >= 0.6 is 0 Å². The highest BCUT2D eigenvalue weighted by molar-refractivity contribution is 6.25. The number of aliphatic hydroxyl groups excluding tert-OH is 1. The number of ketones is 2. The lowest BCUT2D eigenvalue weighted by atomic mass is 9.71. The van der Waals surface area contributed by atoms with E-state index in [0.717, 1.165) is 35.6 Å². The molecule has 8 heteroatoms. The molecule has 0 fully saturated rings. The minimum absolute atomic E-state index is 0.00206. The summed E-state index contributed by atoms with van der Waals surface area (Å²) in [5.74, 6) is -2.74. The third-order valence-corrected chi connectivity index (χ3v) is 7.70. The monoisotopic (exact) mass is 541 g/mol. The highest BCUT2D eigenvalue weighted by Crippen LogP contribution is 2.56.